The first kappa shape index (κ1) is 25.7. The van der Waals surface area contributed by atoms with Crippen molar-refractivity contribution >= 4 is 43.7 Å². The normalized spacial score (nSPS) is 29.2. The van der Waals surface area contributed by atoms with Gasteiger partial charge in [0, 0.05) is 22.4 Å². The Morgan fingerprint density at radius 3 is 2.71 bits per heavy atom. The highest BCUT2D eigenvalue weighted by molar-refractivity contribution is 9.10. The Morgan fingerprint density at radius 1 is 1.16 bits per heavy atom. The summed E-state index contributed by atoms with van der Waals surface area (Å²) in [5.41, 5.74) is 6.62. The molecule has 2 fully saturated rings. The van der Waals surface area contributed by atoms with Crippen molar-refractivity contribution in [2.45, 2.75) is 72.0 Å². The topological polar surface area (TPSA) is 100 Å². The van der Waals surface area contributed by atoms with Gasteiger partial charge < -0.3 is 19.5 Å². The van der Waals surface area contributed by atoms with Crippen LogP contribution in [0.1, 0.15) is 51.9 Å². The van der Waals surface area contributed by atoms with Gasteiger partial charge in [-0.1, -0.05) is 32.9 Å². The number of nitrogens with one attached hydrogen (secondary N) is 1. The van der Waals surface area contributed by atoms with Crippen LogP contribution in [0.4, 0.5) is 5.82 Å². The van der Waals surface area contributed by atoms with Crippen LogP contribution in [0.3, 0.4) is 0 Å². The number of rotatable bonds is 5. The molecule has 0 spiro atoms. The molecule has 200 valence electrons. The SMILES string of the molecule is Cc1ncnc2c1ccn2C1[C@@H](C)[C@](C)(C(C)Cc2ccc3cc(Br)c(NN)nc3c2)[C@H]2OC(C)(C)O[C@@H]12. The lowest BCUT2D eigenvalue weighted by Crippen LogP contribution is -2.42. The predicted molar refractivity (Wildman–Crippen MR) is 153 cm³/mol. The lowest BCUT2D eigenvalue weighted by Gasteiger charge is -2.41. The molecule has 4 heterocycles. The molecule has 2 unspecified atom stereocenters. The number of pyridine rings is 1. The zero-order valence-corrected chi connectivity index (χ0v) is 24.3. The molecule has 38 heavy (non-hydrogen) atoms. The number of hydrogen-bond donors (Lipinski definition) is 2. The van der Waals surface area contributed by atoms with Crippen LogP contribution in [0.2, 0.25) is 0 Å². The van der Waals surface area contributed by atoms with Gasteiger partial charge in [-0.25, -0.2) is 20.8 Å². The molecule has 0 radical (unpaired) electrons. The molecule has 3 aromatic heterocycles. The van der Waals surface area contributed by atoms with Crippen molar-refractivity contribution in [2.24, 2.45) is 23.1 Å². The summed E-state index contributed by atoms with van der Waals surface area (Å²) in [6.07, 6.45) is 4.57. The number of hydrogen-bond acceptors (Lipinski definition) is 7. The fourth-order valence-electron chi connectivity index (χ4n) is 6.89. The molecule has 2 aliphatic rings. The van der Waals surface area contributed by atoms with Crippen molar-refractivity contribution in [1.29, 1.82) is 0 Å². The molecule has 1 aromatic carbocycles. The zero-order chi connectivity index (χ0) is 27.0. The van der Waals surface area contributed by atoms with E-state index in [0.717, 1.165) is 38.5 Å². The summed E-state index contributed by atoms with van der Waals surface area (Å²) < 4.78 is 16.5. The van der Waals surface area contributed by atoms with Gasteiger partial charge in [-0.15, -0.1) is 0 Å². The van der Waals surface area contributed by atoms with Crippen LogP contribution in [0, 0.1) is 24.2 Å². The summed E-state index contributed by atoms with van der Waals surface area (Å²) >= 11 is 3.53. The molecule has 0 amide bonds. The van der Waals surface area contributed by atoms with E-state index >= 15 is 0 Å². The Hall–Kier alpha value is -2.59. The molecule has 9 heteroatoms. The molecule has 1 saturated carbocycles. The number of halogens is 1. The van der Waals surface area contributed by atoms with Crippen molar-refractivity contribution in [3.8, 4) is 0 Å². The fraction of sp³-hybridized carbons (Fsp3) is 0.483. The Labute approximate surface area is 231 Å². The maximum Gasteiger partial charge on any atom is 0.163 e. The third-order valence-electron chi connectivity index (χ3n) is 9.18. The van der Waals surface area contributed by atoms with Crippen LogP contribution in [0.15, 0.2) is 47.3 Å². The van der Waals surface area contributed by atoms with Gasteiger partial charge in [0.15, 0.2) is 11.6 Å². The minimum atomic E-state index is -0.644. The van der Waals surface area contributed by atoms with Crippen molar-refractivity contribution in [1.82, 2.24) is 19.5 Å². The van der Waals surface area contributed by atoms with Gasteiger partial charge in [-0.05, 0) is 78.7 Å². The van der Waals surface area contributed by atoms with Crippen molar-refractivity contribution < 1.29 is 9.47 Å². The molecular weight excluding hydrogens is 544 g/mol. The van der Waals surface area contributed by atoms with Gasteiger partial charge in [-0.2, -0.15) is 0 Å². The average molecular weight is 580 g/mol. The maximum absolute atomic E-state index is 6.69. The fourth-order valence-corrected chi connectivity index (χ4v) is 7.34. The van der Waals surface area contributed by atoms with Gasteiger partial charge >= 0.3 is 0 Å². The number of hydrazine groups is 1. The number of ether oxygens (including phenoxy) is 2. The third kappa shape index (κ3) is 3.86. The summed E-state index contributed by atoms with van der Waals surface area (Å²) in [5, 5.41) is 2.15. The van der Waals surface area contributed by atoms with E-state index in [-0.39, 0.29) is 29.6 Å². The average Bonchev–Trinajstić information content (AvgIpc) is 3.50. The number of nitrogen functional groups attached to an aromatic ring is 1. The number of aromatic nitrogens is 4. The summed E-state index contributed by atoms with van der Waals surface area (Å²) in [6, 6.07) is 10.8. The first-order valence-corrected chi connectivity index (χ1v) is 14.0. The molecule has 6 rings (SSSR count). The van der Waals surface area contributed by atoms with E-state index in [0.29, 0.717) is 11.7 Å². The van der Waals surface area contributed by atoms with E-state index in [1.54, 1.807) is 6.33 Å². The highest BCUT2D eigenvalue weighted by Crippen LogP contribution is 2.60. The summed E-state index contributed by atoms with van der Waals surface area (Å²) in [5.74, 6) is 6.23. The monoisotopic (exact) mass is 578 g/mol. The minimum Gasteiger partial charge on any atom is -0.344 e. The van der Waals surface area contributed by atoms with Crippen LogP contribution in [-0.2, 0) is 15.9 Å². The Balaban J connectivity index is 1.37. The molecule has 1 aliphatic carbocycles. The second kappa shape index (κ2) is 8.98. The number of nitrogens with zero attached hydrogens (tertiary/aromatic N) is 4. The van der Waals surface area contributed by atoms with Crippen LogP contribution in [0.5, 0.6) is 0 Å². The van der Waals surface area contributed by atoms with Gasteiger partial charge in [0.1, 0.15) is 18.1 Å². The number of fused-ring (bicyclic) bond motifs is 3. The molecule has 3 N–H and O–H groups in total. The second-order valence-corrected chi connectivity index (χ2v) is 12.5. The molecule has 4 aromatic rings. The molecule has 1 aliphatic heterocycles. The van der Waals surface area contributed by atoms with Crippen molar-refractivity contribution in [2.75, 3.05) is 5.43 Å². The Morgan fingerprint density at radius 2 is 1.95 bits per heavy atom. The van der Waals surface area contributed by atoms with Gasteiger partial charge in [0.05, 0.1) is 27.8 Å². The summed E-state index contributed by atoms with van der Waals surface area (Å²) in [6.45, 7) is 13.1. The zero-order valence-electron chi connectivity index (χ0n) is 22.7. The third-order valence-corrected chi connectivity index (χ3v) is 9.78. The lowest BCUT2D eigenvalue weighted by atomic mass is 9.67. The molecule has 0 bridgehead atoms. The number of benzene rings is 1. The molecular formula is C29H35BrN6O2. The van der Waals surface area contributed by atoms with Gasteiger partial charge in [0.25, 0.3) is 0 Å². The van der Waals surface area contributed by atoms with E-state index in [1.807, 2.05) is 26.8 Å². The molecule has 8 nitrogen and oxygen atoms in total. The van der Waals surface area contributed by atoms with Crippen molar-refractivity contribution in [3.63, 3.8) is 0 Å². The molecule has 1 saturated heterocycles. The Kier molecular flexibility index (Phi) is 6.07. The minimum absolute atomic E-state index is 0.0459. The predicted octanol–water partition coefficient (Wildman–Crippen LogP) is 5.93. The standard InChI is InChI=1S/C29H35BrN6O2/c1-15(11-18-7-8-19-13-21(30)26(35-31)34-22(19)12-18)29(6)16(2)23(24-25(29)38-28(4,5)37-24)36-10-9-20-17(3)32-14-33-27(20)36/h7-10,12-16,23-25H,11,31H2,1-6H3,(H,34,35)/t15?,16-,23?,24+,25+,29+/m1/s1. The van der Waals surface area contributed by atoms with Crippen LogP contribution >= 0.6 is 15.9 Å². The lowest BCUT2D eigenvalue weighted by molar-refractivity contribution is -0.179. The number of nitrogens with two attached hydrogens (primary N) is 1. The quantitative estimate of drug-likeness (QED) is 0.223. The maximum atomic E-state index is 6.69. The van der Waals surface area contributed by atoms with E-state index in [2.05, 4.69) is 87.1 Å². The van der Waals surface area contributed by atoms with Crippen LogP contribution in [0.25, 0.3) is 21.9 Å². The van der Waals surface area contributed by atoms with E-state index in [1.165, 1.54) is 5.56 Å². The van der Waals surface area contributed by atoms with Gasteiger partial charge in [0.2, 0.25) is 0 Å². The van der Waals surface area contributed by atoms with E-state index in [4.69, 9.17) is 20.3 Å². The first-order chi connectivity index (χ1) is 18.0. The van der Waals surface area contributed by atoms with Crippen LogP contribution < -0.4 is 11.3 Å². The number of aryl methyl sites for hydroxylation is 1. The largest absolute Gasteiger partial charge is 0.344 e. The summed E-state index contributed by atoms with van der Waals surface area (Å²) in [4.78, 5) is 13.8. The Bertz CT molecular complexity index is 1540. The van der Waals surface area contributed by atoms with E-state index < -0.39 is 5.79 Å². The highest BCUT2D eigenvalue weighted by Gasteiger charge is 2.65. The highest BCUT2D eigenvalue weighted by atomic mass is 79.9. The summed E-state index contributed by atoms with van der Waals surface area (Å²) in [7, 11) is 0. The van der Waals surface area contributed by atoms with Crippen molar-refractivity contribution in [3.05, 3.63) is 58.6 Å². The van der Waals surface area contributed by atoms with E-state index in [9.17, 15) is 0 Å². The van der Waals surface area contributed by atoms with Gasteiger partial charge in [-0.3, -0.25) is 0 Å². The number of anilines is 1. The second-order valence-electron chi connectivity index (χ2n) is 11.7. The first-order valence-electron chi connectivity index (χ1n) is 13.2. The molecule has 6 atom stereocenters. The smallest absolute Gasteiger partial charge is 0.163 e. The van der Waals surface area contributed by atoms with Crippen LogP contribution in [-0.4, -0.2) is 37.5 Å².